The summed E-state index contributed by atoms with van der Waals surface area (Å²) in [6.45, 7) is 6.94. The molecule has 3 aliphatic heterocycles. The summed E-state index contributed by atoms with van der Waals surface area (Å²) in [6.07, 6.45) is 8.96. The summed E-state index contributed by atoms with van der Waals surface area (Å²) in [6, 6.07) is 11.8. The van der Waals surface area contributed by atoms with Crippen LogP contribution in [0.3, 0.4) is 0 Å². The molecule has 1 saturated carbocycles. The van der Waals surface area contributed by atoms with Crippen molar-refractivity contribution in [1.29, 1.82) is 0 Å². The van der Waals surface area contributed by atoms with E-state index in [1.165, 1.54) is 25.7 Å². The molecule has 3 saturated heterocycles. The van der Waals surface area contributed by atoms with Gasteiger partial charge in [-0.3, -0.25) is 9.88 Å². The second kappa shape index (κ2) is 9.77. The monoisotopic (exact) mass is 571 g/mol. The first-order valence-corrected chi connectivity index (χ1v) is 15.5. The molecule has 2 aromatic heterocycles. The Bertz CT molecular complexity index is 1650. The molecule has 41 heavy (non-hydrogen) atoms. The average Bonchev–Trinajstić information content (AvgIpc) is 3.62. The molecule has 5 heterocycles. The largest absolute Gasteiger partial charge is 0.461 e. The maximum Gasteiger partial charge on any atom is 0.319 e. The van der Waals surface area contributed by atoms with E-state index in [4.69, 9.17) is 26.3 Å². The number of aromatic nitrogens is 3. The highest BCUT2D eigenvalue weighted by atomic mass is 35.5. The zero-order valence-electron chi connectivity index (χ0n) is 23.5. The standard InChI is InChI=1S/C33H35ClFN5O/c1-20-14-33(11-4-12-40(33)16-20)19-41-32-37-30-25(31(38-32)39-17-21-9-10-22(13-21)18-39)15-36-29(28(30)35)24-7-2-5-23-6-3-8-26(34)27(23)24/h2-3,5-8,15,20-22H,4,9-14,16-19H2,1H3/t20-,21?,22?,33?/m1/s1. The Hall–Kier alpha value is -3.03. The fraction of sp³-hybridized carbons (Fsp3) is 0.485. The first-order chi connectivity index (χ1) is 20.0. The quantitative estimate of drug-likeness (QED) is 0.254. The molecular formula is C33H35ClFN5O. The van der Waals surface area contributed by atoms with Gasteiger partial charge in [0.1, 0.15) is 23.6 Å². The van der Waals surface area contributed by atoms with Crippen molar-refractivity contribution in [3.63, 3.8) is 0 Å². The molecule has 2 aromatic carbocycles. The van der Waals surface area contributed by atoms with Gasteiger partial charge in [-0.2, -0.15) is 9.97 Å². The lowest BCUT2D eigenvalue weighted by Crippen LogP contribution is -2.43. The number of pyridine rings is 1. The fourth-order valence-corrected chi connectivity index (χ4v) is 8.69. The second-order valence-electron chi connectivity index (χ2n) is 13.0. The summed E-state index contributed by atoms with van der Waals surface area (Å²) in [7, 11) is 0. The molecule has 0 amide bonds. The number of rotatable bonds is 5. The predicted molar refractivity (Wildman–Crippen MR) is 161 cm³/mol. The first kappa shape index (κ1) is 25.7. The van der Waals surface area contributed by atoms with Gasteiger partial charge in [0.15, 0.2) is 5.82 Å². The molecule has 1 aliphatic carbocycles. The van der Waals surface area contributed by atoms with Crippen molar-refractivity contribution in [2.24, 2.45) is 17.8 Å². The number of halogens is 2. The van der Waals surface area contributed by atoms with E-state index in [2.05, 4.69) is 21.7 Å². The van der Waals surface area contributed by atoms with Crippen molar-refractivity contribution in [1.82, 2.24) is 19.9 Å². The zero-order valence-corrected chi connectivity index (χ0v) is 24.2. The predicted octanol–water partition coefficient (Wildman–Crippen LogP) is 7.13. The lowest BCUT2D eigenvalue weighted by molar-refractivity contribution is 0.107. The first-order valence-electron chi connectivity index (χ1n) is 15.1. The van der Waals surface area contributed by atoms with Gasteiger partial charge in [-0.05, 0) is 74.3 Å². The molecule has 2 bridgehead atoms. The number of fused-ring (bicyclic) bond motifs is 5. The number of hydrogen-bond acceptors (Lipinski definition) is 6. The highest BCUT2D eigenvalue weighted by molar-refractivity contribution is 6.36. The topological polar surface area (TPSA) is 54.4 Å². The summed E-state index contributed by atoms with van der Waals surface area (Å²) in [4.78, 5) is 19.3. The van der Waals surface area contributed by atoms with Crippen molar-refractivity contribution in [2.45, 2.75) is 51.0 Å². The van der Waals surface area contributed by atoms with Crippen LogP contribution in [-0.4, -0.2) is 58.2 Å². The van der Waals surface area contributed by atoms with E-state index in [1.807, 2.05) is 36.4 Å². The third-order valence-electron chi connectivity index (χ3n) is 10.1. The lowest BCUT2D eigenvalue weighted by atomic mass is 9.92. The number of hydrogen-bond donors (Lipinski definition) is 0. The summed E-state index contributed by atoms with van der Waals surface area (Å²) in [5, 5.41) is 2.94. The maximum absolute atomic E-state index is 16.6. The van der Waals surface area contributed by atoms with E-state index >= 15 is 4.39 Å². The van der Waals surface area contributed by atoms with E-state index < -0.39 is 5.82 Å². The molecule has 8 rings (SSSR count). The minimum atomic E-state index is -0.460. The molecule has 212 valence electrons. The van der Waals surface area contributed by atoms with E-state index in [0.29, 0.717) is 40.3 Å². The third-order valence-corrected chi connectivity index (χ3v) is 10.4. The average molecular weight is 572 g/mol. The van der Waals surface area contributed by atoms with Crippen LogP contribution in [0, 0.1) is 23.6 Å². The van der Waals surface area contributed by atoms with Crippen LogP contribution in [-0.2, 0) is 0 Å². The molecule has 6 nitrogen and oxygen atoms in total. The van der Waals surface area contributed by atoms with Crippen LogP contribution in [0.4, 0.5) is 10.2 Å². The Kier molecular flexibility index (Phi) is 6.12. The maximum atomic E-state index is 16.6. The minimum Gasteiger partial charge on any atom is -0.461 e. The van der Waals surface area contributed by atoms with Crippen molar-refractivity contribution in [3.05, 3.63) is 53.4 Å². The van der Waals surface area contributed by atoms with Crippen molar-refractivity contribution in [2.75, 3.05) is 37.7 Å². The van der Waals surface area contributed by atoms with E-state index in [9.17, 15) is 0 Å². The summed E-state index contributed by atoms with van der Waals surface area (Å²) >= 11 is 6.62. The molecule has 4 atom stereocenters. The summed E-state index contributed by atoms with van der Waals surface area (Å²) in [5.41, 5.74) is 1.20. The minimum absolute atomic E-state index is 0.0315. The zero-order chi connectivity index (χ0) is 27.7. The van der Waals surface area contributed by atoms with Crippen LogP contribution in [0.1, 0.15) is 45.4 Å². The molecule has 4 aromatic rings. The van der Waals surface area contributed by atoms with Crippen molar-refractivity contribution >= 4 is 39.1 Å². The van der Waals surface area contributed by atoms with Gasteiger partial charge in [-0.15, -0.1) is 0 Å². The van der Waals surface area contributed by atoms with Crippen molar-refractivity contribution < 1.29 is 9.13 Å². The molecule has 4 fully saturated rings. The normalized spacial score (nSPS) is 27.7. The third kappa shape index (κ3) is 4.26. The molecule has 8 heteroatoms. The van der Waals surface area contributed by atoms with Gasteiger partial charge >= 0.3 is 6.01 Å². The summed E-state index contributed by atoms with van der Waals surface area (Å²) < 4.78 is 23.1. The SMILES string of the molecule is C[C@H]1CN2CCCC2(COc2nc(N3CC4CCC(C4)C3)c3cnc(-c4cccc5cccc(Cl)c45)c(F)c3n2)C1. The molecular weight excluding hydrogens is 537 g/mol. The number of anilines is 1. The highest BCUT2D eigenvalue weighted by Crippen LogP contribution is 2.43. The van der Waals surface area contributed by atoms with Gasteiger partial charge in [0, 0.05) is 41.8 Å². The Morgan fingerprint density at radius 3 is 2.71 bits per heavy atom. The van der Waals surface area contributed by atoms with E-state index in [0.717, 1.165) is 55.6 Å². The van der Waals surface area contributed by atoms with Crippen LogP contribution in [0.15, 0.2) is 42.6 Å². The smallest absolute Gasteiger partial charge is 0.319 e. The molecule has 0 radical (unpaired) electrons. The molecule has 0 N–H and O–H groups in total. The number of nitrogens with zero attached hydrogens (tertiary/aromatic N) is 5. The van der Waals surface area contributed by atoms with E-state index in [1.54, 1.807) is 6.20 Å². The van der Waals surface area contributed by atoms with Crippen LogP contribution in [0.25, 0.3) is 32.9 Å². The van der Waals surface area contributed by atoms with Gasteiger partial charge in [0.25, 0.3) is 0 Å². The Labute approximate surface area is 244 Å². The van der Waals surface area contributed by atoms with E-state index in [-0.39, 0.29) is 22.8 Å². The van der Waals surface area contributed by atoms with Crippen LogP contribution >= 0.6 is 11.6 Å². The highest BCUT2D eigenvalue weighted by Gasteiger charge is 2.48. The molecule has 3 unspecified atom stereocenters. The summed E-state index contributed by atoms with van der Waals surface area (Å²) in [5.74, 6) is 2.25. The fourth-order valence-electron chi connectivity index (χ4n) is 8.41. The van der Waals surface area contributed by atoms with Crippen LogP contribution < -0.4 is 9.64 Å². The Balaban J connectivity index is 1.25. The number of ether oxygens (including phenoxy) is 1. The van der Waals surface area contributed by atoms with Crippen molar-refractivity contribution in [3.8, 4) is 17.3 Å². The lowest BCUT2D eigenvalue weighted by Gasteiger charge is -2.34. The van der Waals surface area contributed by atoms with Gasteiger partial charge in [0.05, 0.1) is 10.9 Å². The number of benzene rings is 2. The van der Waals surface area contributed by atoms with Gasteiger partial charge in [0.2, 0.25) is 0 Å². The Morgan fingerprint density at radius 1 is 1.07 bits per heavy atom. The van der Waals surface area contributed by atoms with Crippen LogP contribution in [0.2, 0.25) is 5.02 Å². The van der Waals surface area contributed by atoms with Gasteiger partial charge in [-0.25, -0.2) is 4.39 Å². The molecule has 0 spiro atoms. The second-order valence-corrected chi connectivity index (χ2v) is 13.4. The molecule has 4 aliphatic rings. The van der Waals surface area contributed by atoms with Gasteiger partial charge in [-0.1, -0.05) is 48.9 Å². The van der Waals surface area contributed by atoms with Gasteiger partial charge < -0.3 is 9.64 Å². The number of piperidine rings is 1. The van der Waals surface area contributed by atoms with Crippen LogP contribution in [0.5, 0.6) is 6.01 Å². The Morgan fingerprint density at radius 2 is 1.88 bits per heavy atom.